The minimum absolute atomic E-state index is 0.112. The number of halogens is 2. The van der Waals surface area contributed by atoms with E-state index in [4.69, 9.17) is 27.9 Å². The lowest BCUT2D eigenvalue weighted by Gasteiger charge is -2.17. The summed E-state index contributed by atoms with van der Waals surface area (Å²) >= 11 is 11.8. The van der Waals surface area contributed by atoms with Crippen molar-refractivity contribution in [2.75, 3.05) is 6.61 Å². The molecule has 0 radical (unpaired) electrons. The molecule has 1 atom stereocenters. The topological polar surface area (TPSA) is 55.4 Å². The molecule has 1 N–H and O–H groups in total. The zero-order valence-electron chi connectivity index (χ0n) is 14.0. The second kappa shape index (κ2) is 8.88. The van der Waals surface area contributed by atoms with Gasteiger partial charge in [0, 0.05) is 0 Å². The fourth-order valence-electron chi connectivity index (χ4n) is 2.33. The van der Waals surface area contributed by atoms with Gasteiger partial charge in [-0.25, -0.2) is 4.79 Å². The maximum atomic E-state index is 12.1. The summed E-state index contributed by atoms with van der Waals surface area (Å²) in [6.45, 7) is 3.59. The molecule has 25 heavy (non-hydrogen) atoms. The van der Waals surface area contributed by atoms with Crippen molar-refractivity contribution in [2.45, 2.75) is 26.3 Å². The first-order chi connectivity index (χ1) is 11.9. The maximum Gasteiger partial charge on any atom is 0.340 e. The Morgan fingerprint density at radius 1 is 1.12 bits per heavy atom. The van der Waals surface area contributed by atoms with Crippen molar-refractivity contribution in [3.63, 3.8) is 0 Å². The molecule has 0 saturated carbocycles. The molecule has 0 spiro atoms. The monoisotopic (exact) mass is 379 g/mol. The van der Waals surface area contributed by atoms with Gasteiger partial charge < -0.3 is 10.1 Å². The lowest BCUT2D eigenvalue weighted by molar-refractivity contribution is -0.125. The highest BCUT2D eigenvalue weighted by Gasteiger charge is 2.17. The summed E-state index contributed by atoms with van der Waals surface area (Å²) in [6, 6.07) is 12.5. The zero-order valence-corrected chi connectivity index (χ0v) is 15.5. The minimum Gasteiger partial charge on any atom is -0.452 e. The van der Waals surface area contributed by atoms with Gasteiger partial charge in [-0.3, -0.25) is 4.79 Å². The van der Waals surface area contributed by atoms with Gasteiger partial charge in [0.05, 0.1) is 21.7 Å². The van der Waals surface area contributed by atoms with Gasteiger partial charge in [0.25, 0.3) is 5.91 Å². The highest BCUT2D eigenvalue weighted by molar-refractivity contribution is 6.43. The molecule has 2 aromatic rings. The molecule has 4 nitrogen and oxygen atoms in total. The predicted octanol–water partition coefficient (Wildman–Crippen LogP) is 4.73. The Kier molecular flexibility index (Phi) is 6.85. The number of benzene rings is 2. The van der Waals surface area contributed by atoms with E-state index >= 15 is 0 Å². The number of esters is 1. The quantitative estimate of drug-likeness (QED) is 0.738. The van der Waals surface area contributed by atoms with Crippen molar-refractivity contribution in [3.05, 3.63) is 69.2 Å². The van der Waals surface area contributed by atoms with E-state index in [9.17, 15) is 9.59 Å². The van der Waals surface area contributed by atoms with Crippen LogP contribution < -0.4 is 5.32 Å². The fourth-order valence-corrected chi connectivity index (χ4v) is 2.70. The Hall–Kier alpha value is -2.04. The van der Waals surface area contributed by atoms with Crippen LogP contribution in [0.15, 0.2) is 42.5 Å². The van der Waals surface area contributed by atoms with Crippen LogP contribution in [0.4, 0.5) is 0 Å². The maximum absolute atomic E-state index is 12.1. The molecule has 2 rings (SSSR count). The van der Waals surface area contributed by atoms with Crippen LogP contribution in [0.5, 0.6) is 0 Å². The van der Waals surface area contributed by atoms with E-state index in [0.717, 1.165) is 17.5 Å². The molecule has 132 valence electrons. The molecule has 0 aliphatic carbocycles. The van der Waals surface area contributed by atoms with Gasteiger partial charge in [-0.05, 0) is 31.0 Å². The largest absolute Gasteiger partial charge is 0.452 e. The number of ether oxygens (including phenoxy) is 1. The van der Waals surface area contributed by atoms with E-state index < -0.39 is 5.97 Å². The molecule has 0 bridgehead atoms. The highest BCUT2D eigenvalue weighted by atomic mass is 35.5. The number of hydrogen-bond donors (Lipinski definition) is 1. The Labute approximate surface area is 157 Å². The Morgan fingerprint density at radius 2 is 1.80 bits per heavy atom. The molecular formula is C19H19Cl2NO3. The molecule has 1 amide bonds. The van der Waals surface area contributed by atoms with Gasteiger partial charge in [-0.15, -0.1) is 0 Å². The van der Waals surface area contributed by atoms with Crippen LogP contribution in [0, 0.1) is 6.92 Å². The second-order valence-corrected chi connectivity index (χ2v) is 6.40. The number of carbonyl (C=O) groups excluding carboxylic acids is 2. The predicted molar refractivity (Wildman–Crippen MR) is 99.1 cm³/mol. The summed E-state index contributed by atoms with van der Waals surface area (Å²) in [4.78, 5) is 24.1. The lowest BCUT2D eigenvalue weighted by Crippen LogP contribution is -2.32. The third-order valence-corrected chi connectivity index (χ3v) is 4.55. The minimum atomic E-state index is -0.689. The van der Waals surface area contributed by atoms with Gasteiger partial charge in [0.15, 0.2) is 6.61 Å². The summed E-state index contributed by atoms with van der Waals surface area (Å²) in [6.07, 6.45) is 0.725. The zero-order chi connectivity index (χ0) is 18.4. The van der Waals surface area contributed by atoms with Crippen LogP contribution in [0.3, 0.4) is 0 Å². The number of aryl methyl sites for hydroxylation is 1. The van der Waals surface area contributed by atoms with E-state index in [0.29, 0.717) is 0 Å². The fraction of sp³-hybridized carbons (Fsp3) is 0.263. The van der Waals surface area contributed by atoms with E-state index in [1.807, 2.05) is 38.1 Å². The van der Waals surface area contributed by atoms with Crippen LogP contribution >= 0.6 is 23.2 Å². The molecule has 0 heterocycles. The number of nitrogens with one attached hydrogen (secondary N) is 1. The number of rotatable bonds is 6. The van der Waals surface area contributed by atoms with E-state index in [1.54, 1.807) is 12.1 Å². The smallest absolute Gasteiger partial charge is 0.340 e. The first-order valence-corrected chi connectivity index (χ1v) is 8.65. The normalized spacial score (nSPS) is 11.7. The summed E-state index contributed by atoms with van der Waals surface area (Å²) in [7, 11) is 0. The van der Waals surface area contributed by atoms with Crippen LogP contribution in [-0.2, 0) is 9.53 Å². The van der Waals surface area contributed by atoms with Gasteiger partial charge in [0.1, 0.15) is 0 Å². The second-order valence-electron chi connectivity index (χ2n) is 5.62. The van der Waals surface area contributed by atoms with E-state index in [2.05, 4.69) is 5.32 Å². The number of hydrogen-bond acceptors (Lipinski definition) is 3. The average Bonchev–Trinajstić information content (AvgIpc) is 2.61. The SMILES string of the molecule is CC[C@H](NC(=O)COC(=O)c1cccc(Cl)c1Cl)c1ccc(C)cc1. The summed E-state index contributed by atoms with van der Waals surface area (Å²) in [5.74, 6) is -1.06. The van der Waals surface area contributed by atoms with Gasteiger partial charge in [-0.1, -0.05) is 66.0 Å². The third kappa shape index (κ3) is 5.21. The molecule has 0 saturated heterocycles. The molecule has 0 unspecified atom stereocenters. The molecule has 6 heteroatoms. The van der Waals surface area contributed by atoms with Gasteiger partial charge >= 0.3 is 5.97 Å². The van der Waals surface area contributed by atoms with E-state index in [1.165, 1.54) is 6.07 Å². The molecule has 0 fully saturated rings. The van der Waals surface area contributed by atoms with Gasteiger partial charge in [-0.2, -0.15) is 0 Å². The van der Waals surface area contributed by atoms with Crippen molar-refractivity contribution >= 4 is 35.1 Å². The average molecular weight is 380 g/mol. The lowest BCUT2D eigenvalue weighted by atomic mass is 10.0. The first kappa shape index (κ1) is 19.3. The number of carbonyl (C=O) groups is 2. The Balaban J connectivity index is 1.94. The summed E-state index contributed by atoms with van der Waals surface area (Å²) in [5.41, 5.74) is 2.29. The standard InChI is InChI=1S/C19H19Cl2NO3/c1-3-16(13-9-7-12(2)8-10-13)22-17(23)11-25-19(24)14-5-4-6-15(20)18(14)21/h4-10,16H,3,11H2,1-2H3,(H,22,23)/t16-/m0/s1. The molecule has 0 aliphatic rings. The van der Waals surface area contributed by atoms with Crippen molar-refractivity contribution in [2.24, 2.45) is 0 Å². The van der Waals surface area contributed by atoms with Crippen molar-refractivity contribution in [1.82, 2.24) is 5.32 Å². The van der Waals surface area contributed by atoms with Crippen molar-refractivity contribution in [1.29, 1.82) is 0 Å². The van der Waals surface area contributed by atoms with Crippen LogP contribution in [-0.4, -0.2) is 18.5 Å². The molecule has 2 aromatic carbocycles. The van der Waals surface area contributed by atoms with E-state index in [-0.39, 0.29) is 34.2 Å². The van der Waals surface area contributed by atoms with Crippen molar-refractivity contribution < 1.29 is 14.3 Å². The summed E-state index contributed by atoms with van der Waals surface area (Å²) < 4.78 is 5.03. The highest BCUT2D eigenvalue weighted by Crippen LogP contribution is 2.26. The molecule has 0 aromatic heterocycles. The van der Waals surface area contributed by atoms with Crippen LogP contribution in [0.1, 0.15) is 40.9 Å². The first-order valence-electron chi connectivity index (χ1n) is 7.89. The van der Waals surface area contributed by atoms with Crippen molar-refractivity contribution in [3.8, 4) is 0 Å². The van der Waals surface area contributed by atoms with Crippen LogP contribution in [0.2, 0.25) is 10.0 Å². The summed E-state index contributed by atoms with van der Waals surface area (Å²) in [5, 5.41) is 3.23. The Morgan fingerprint density at radius 3 is 2.44 bits per heavy atom. The molecule has 0 aliphatic heterocycles. The molecular weight excluding hydrogens is 361 g/mol. The van der Waals surface area contributed by atoms with Gasteiger partial charge in [0.2, 0.25) is 0 Å². The van der Waals surface area contributed by atoms with Crippen LogP contribution in [0.25, 0.3) is 0 Å². The third-order valence-electron chi connectivity index (χ3n) is 3.73. The number of amides is 1. The Bertz CT molecular complexity index is 760.